The SMILES string of the molecule is CCCCCN(C(C)C)C(C)C(=O)c1ccc(F)cc1. The van der Waals surface area contributed by atoms with E-state index in [9.17, 15) is 9.18 Å². The molecule has 2 nitrogen and oxygen atoms in total. The molecular weight excluding hydrogens is 253 g/mol. The zero-order valence-corrected chi connectivity index (χ0v) is 13.0. The van der Waals surface area contributed by atoms with Crippen LogP contribution in [-0.2, 0) is 0 Å². The van der Waals surface area contributed by atoms with Gasteiger partial charge in [-0.25, -0.2) is 4.39 Å². The quantitative estimate of drug-likeness (QED) is 0.522. The Morgan fingerprint density at radius 1 is 1.15 bits per heavy atom. The number of nitrogens with zero attached hydrogens (tertiary/aromatic N) is 1. The number of Topliss-reactive ketones (excluding diaryl/α,β-unsaturated/α-hetero) is 1. The van der Waals surface area contributed by atoms with Crippen molar-refractivity contribution in [3.05, 3.63) is 35.6 Å². The summed E-state index contributed by atoms with van der Waals surface area (Å²) in [6, 6.07) is 5.98. The van der Waals surface area contributed by atoms with E-state index in [0.29, 0.717) is 11.6 Å². The number of ketones is 1. The topological polar surface area (TPSA) is 20.3 Å². The molecule has 0 aliphatic heterocycles. The normalized spacial score (nSPS) is 12.9. The third kappa shape index (κ3) is 4.71. The van der Waals surface area contributed by atoms with Gasteiger partial charge in [0.1, 0.15) is 5.82 Å². The van der Waals surface area contributed by atoms with Crippen LogP contribution in [0.15, 0.2) is 24.3 Å². The largest absolute Gasteiger partial charge is 0.292 e. The predicted molar refractivity (Wildman–Crippen MR) is 81.6 cm³/mol. The minimum absolute atomic E-state index is 0.0650. The maximum Gasteiger partial charge on any atom is 0.179 e. The summed E-state index contributed by atoms with van der Waals surface area (Å²) in [5, 5.41) is 0. The number of hydrogen-bond donors (Lipinski definition) is 0. The third-order valence-electron chi connectivity index (χ3n) is 3.69. The first-order valence-electron chi connectivity index (χ1n) is 7.52. The Morgan fingerprint density at radius 2 is 1.75 bits per heavy atom. The van der Waals surface area contributed by atoms with Crippen molar-refractivity contribution in [3.8, 4) is 0 Å². The molecule has 0 fully saturated rings. The molecule has 1 atom stereocenters. The fourth-order valence-corrected chi connectivity index (χ4v) is 2.45. The first-order valence-corrected chi connectivity index (χ1v) is 7.52. The summed E-state index contributed by atoms with van der Waals surface area (Å²) < 4.78 is 12.9. The lowest BCUT2D eigenvalue weighted by Gasteiger charge is -2.31. The van der Waals surface area contributed by atoms with Crippen LogP contribution in [0.1, 0.15) is 57.3 Å². The highest BCUT2D eigenvalue weighted by atomic mass is 19.1. The van der Waals surface area contributed by atoms with Gasteiger partial charge in [0.05, 0.1) is 6.04 Å². The summed E-state index contributed by atoms with van der Waals surface area (Å²) in [6.07, 6.45) is 3.46. The minimum atomic E-state index is -0.308. The monoisotopic (exact) mass is 279 g/mol. The van der Waals surface area contributed by atoms with E-state index in [4.69, 9.17) is 0 Å². The molecule has 1 rings (SSSR count). The third-order valence-corrected chi connectivity index (χ3v) is 3.69. The van der Waals surface area contributed by atoms with Gasteiger partial charge in [0, 0.05) is 11.6 Å². The predicted octanol–water partition coefficient (Wildman–Crippen LogP) is 4.30. The molecule has 0 saturated carbocycles. The molecule has 3 heteroatoms. The zero-order valence-electron chi connectivity index (χ0n) is 13.0. The van der Waals surface area contributed by atoms with Crippen molar-refractivity contribution >= 4 is 5.78 Å². The number of rotatable bonds is 8. The Morgan fingerprint density at radius 3 is 2.25 bits per heavy atom. The van der Waals surface area contributed by atoms with Crippen LogP contribution in [0.3, 0.4) is 0 Å². The van der Waals surface area contributed by atoms with Gasteiger partial charge in [0.25, 0.3) is 0 Å². The number of halogens is 1. The van der Waals surface area contributed by atoms with Gasteiger partial charge < -0.3 is 0 Å². The molecule has 0 aliphatic rings. The molecule has 0 amide bonds. The summed E-state index contributed by atoms with van der Waals surface area (Å²) in [5.41, 5.74) is 0.583. The molecule has 0 radical (unpaired) electrons. The van der Waals surface area contributed by atoms with Gasteiger partial charge in [-0.2, -0.15) is 0 Å². The van der Waals surface area contributed by atoms with Gasteiger partial charge in [-0.15, -0.1) is 0 Å². The van der Waals surface area contributed by atoms with Crippen molar-refractivity contribution in [1.29, 1.82) is 0 Å². The lowest BCUT2D eigenvalue weighted by molar-refractivity contribution is 0.0785. The smallest absolute Gasteiger partial charge is 0.179 e. The molecule has 0 aromatic heterocycles. The van der Waals surface area contributed by atoms with Crippen molar-refractivity contribution in [1.82, 2.24) is 4.90 Å². The molecule has 0 aliphatic carbocycles. The Labute approximate surface area is 122 Å². The number of carbonyl (C=O) groups excluding carboxylic acids is 1. The second-order valence-corrected chi connectivity index (χ2v) is 5.59. The maximum atomic E-state index is 12.9. The van der Waals surface area contributed by atoms with E-state index in [0.717, 1.165) is 13.0 Å². The van der Waals surface area contributed by atoms with Crippen LogP contribution in [0, 0.1) is 5.82 Å². The molecule has 0 heterocycles. The first kappa shape index (κ1) is 16.8. The summed E-state index contributed by atoms with van der Waals surface area (Å²) in [6.45, 7) is 9.27. The van der Waals surface area contributed by atoms with E-state index in [2.05, 4.69) is 25.7 Å². The van der Waals surface area contributed by atoms with Crippen LogP contribution < -0.4 is 0 Å². The van der Waals surface area contributed by atoms with Crippen LogP contribution >= 0.6 is 0 Å². The van der Waals surface area contributed by atoms with Crippen molar-refractivity contribution in [2.24, 2.45) is 0 Å². The summed E-state index contributed by atoms with van der Waals surface area (Å²) >= 11 is 0. The highest BCUT2D eigenvalue weighted by Crippen LogP contribution is 2.14. The summed E-state index contributed by atoms with van der Waals surface area (Å²) in [5.74, 6) is -0.243. The van der Waals surface area contributed by atoms with Crippen LogP contribution in [0.2, 0.25) is 0 Å². The highest BCUT2D eigenvalue weighted by molar-refractivity contribution is 5.99. The Hall–Kier alpha value is -1.22. The molecule has 20 heavy (non-hydrogen) atoms. The van der Waals surface area contributed by atoms with E-state index >= 15 is 0 Å². The van der Waals surface area contributed by atoms with E-state index in [1.807, 2.05) is 6.92 Å². The van der Waals surface area contributed by atoms with E-state index in [1.54, 1.807) is 12.1 Å². The van der Waals surface area contributed by atoms with Crippen LogP contribution in [-0.4, -0.2) is 29.3 Å². The van der Waals surface area contributed by atoms with Crippen LogP contribution in [0.25, 0.3) is 0 Å². The first-order chi connectivity index (χ1) is 9.47. The van der Waals surface area contributed by atoms with Gasteiger partial charge in [0.2, 0.25) is 0 Å². The second kappa shape index (κ2) is 8.15. The average molecular weight is 279 g/mol. The molecule has 0 bridgehead atoms. The number of hydrogen-bond acceptors (Lipinski definition) is 2. The molecule has 0 N–H and O–H groups in total. The van der Waals surface area contributed by atoms with E-state index < -0.39 is 0 Å². The molecule has 0 spiro atoms. The highest BCUT2D eigenvalue weighted by Gasteiger charge is 2.24. The standard InChI is InChI=1S/C17H26FNO/c1-5-6-7-12-19(13(2)3)14(4)17(20)15-8-10-16(18)11-9-15/h8-11,13-14H,5-7,12H2,1-4H3. The Balaban J connectivity index is 2.75. The molecule has 1 aromatic carbocycles. The van der Waals surface area contributed by atoms with Crippen LogP contribution in [0.5, 0.6) is 0 Å². The van der Waals surface area contributed by atoms with Crippen molar-refractivity contribution in [2.75, 3.05) is 6.54 Å². The second-order valence-electron chi connectivity index (χ2n) is 5.59. The van der Waals surface area contributed by atoms with Crippen molar-refractivity contribution in [3.63, 3.8) is 0 Å². The number of carbonyl (C=O) groups is 1. The van der Waals surface area contributed by atoms with Gasteiger partial charge >= 0.3 is 0 Å². The Bertz CT molecular complexity index is 414. The van der Waals surface area contributed by atoms with Gasteiger partial charge in [-0.1, -0.05) is 19.8 Å². The minimum Gasteiger partial charge on any atom is -0.292 e. The van der Waals surface area contributed by atoms with Crippen molar-refractivity contribution in [2.45, 2.75) is 59.0 Å². The zero-order chi connectivity index (χ0) is 15.1. The summed E-state index contributed by atoms with van der Waals surface area (Å²) in [7, 11) is 0. The van der Waals surface area contributed by atoms with Gasteiger partial charge in [-0.05, 0) is 58.0 Å². The summed E-state index contributed by atoms with van der Waals surface area (Å²) in [4.78, 5) is 14.7. The van der Waals surface area contributed by atoms with E-state index in [-0.39, 0.29) is 17.6 Å². The van der Waals surface area contributed by atoms with Gasteiger partial charge in [0.15, 0.2) is 5.78 Å². The van der Waals surface area contributed by atoms with Gasteiger partial charge in [-0.3, -0.25) is 9.69 Å². The molecule has 1 aromatic rings. The van der Waals surface area contributed by atoms with Crippen LogP contribution in [0.4, 0.5) is 4.39 Å². The van der Waals surface area contributed by atoms with Crippen molar-refractivity contribution < 1.29 is 9.18 Å². The lowest BCUT2D eigenvalue weighted by atomic mass is 10.0. The lowest BCUT2D eigenvalue weighted by Crippen LogP contribution is -2.44. The fourth-order valence-electron chi connectivity index (χ4n) is 2.45. The Kier molecular flexibility index (Phi) is 6.86. The number of benzene rings is 1. The van der Waals surface area contributed by atoms with E-state index in [1.165, 1.54) is 25.0 Å². The fraction of sp³-hybridized carbons (Fsp3) is 0.588. The average Bonchev–Trinajstić information content (AvgIpc) is 2.42. The molecule has 0 saturated heterocycles. The molecule has 112 valence electrons. The molecule has 1 unspecified atom stereocenters. The maximum absolute atomic E-state index is 12.9. The number of unbranched alkanes of at least 4 members (excludes halogenated alkanes) is 2. The molecular formula is C17H26FNO.